The van der Waals surface area contributed by atoms with E-state index in [1.165, 1.54) is 0 Å². The minimum atomic E-state index is -3.42. The van der Waals surface area contributed by atoms with Crippen LogP contribution in [0.5, 0.6) is 0 Å². The summed E-state index contributed by atoms with van der Waals surface area (Å²) in [6.07, 6.45) is -2.92. The van der Waals surface area contributed by atoms with Crippen molar-refractivity contribution in [3.8, 4) is 0 Å². The molecular formula is C34H42N2O7Si. The Bertz CT molecular complexity index is 1390. The summed E-state index contributed by atoms with van der Waals surface area (Å²) in [4.78, 5) is 53.0. The van der Waals surface area contributed by atoms with Gasteiger partial charge < -0.3 is 24.7 Å². The van der Waals surface area contributed by atoms with Gasteiger partial charge in [0.1, 0.15) is 12.2 Å². The van der Waals surface area contributed by atoms with Gasteiger partial charge in [-0.05, 0) is 54.6 Å². The first-order valence-electron chi connectivity index (χ1n) is 14.8. The van der Waals surface area contributed by atoms with Gasteiger partial charge >= 0.3 is 12.2 Å². The van der Waals surface area contributed by atoms with Gasteiger partial charge in [0.2, 0.25) is 0 Å². The lowest BCUT2D eigenvalue weighted by Crippen LogP contribution is -2.65. The second-order valence-corrected chi connectivity index (χ2v) is 16.7. The topological polar surface area (TPSA) is 125 Å². The van der Waals surface area contributed by atoms with E-state index in [1.807, 2.05) is 92.7 Å². The maximum Gasteiger partial charge on any atom is 0.417 e. The van der Waals surface area contributed by atoms with Gasteiger partial charge in [0.25, 0.3) is 14.2 Å². The van der Waals surface area contributed by atoms with Crippen molar-refractivity contribution in [3.05, 3.63) is 96.6 Å². The number of aliphatic hydroxyl groups is 1. The zero-order valence-corrected chi connectivity index (χ0v) is 26.9. The number of carbonyl (C=O) groups excluding carboxylic acids is 3. The highest BCUT2D eigenvalue weighted by Gasteiger charge is 2.55. The molecule has 10 heteroatoms. The number of nitrogens with zero attached hydrogens (tertiary/aromatic N) is 1. The SMILES string of the molecule is CC(C)(C)OC(=O)N1C(=O)[C@@H](O)[C@@H](NC(=O)OCc2ccccc2)[C@@H]1CCC(C)(C)[Si](O)(c1ccccc1)c1ccccc1. The molecule has 0 radical (unpaired) electrons. The molecule has 0 bridgehead atoms. The molecule has 0 spiro atoms. The normalized spacial score (nSPS) is 19.0. The largest absolute Gasteiger partial charge is 0.445 e. The number of alkyl carbamates (subject to hydrolysis) is 1. The van der Waals surface area contributed by atoms with Crippen LogP contribution in [0, 0.1) is 0 Å². The van der Waals surface area contributed by atoms with E-state index in [4.69, 9.17) is 9.47 Å². The quantitative estimate of drug-likeness (QED) is 0.309. The predicted octanol–water partition coefficient (Wildman–Crippen LogP) is 4.10. The highest BCUT2D eigenvalue weighted by Crippen LogP contribution is 2.42. The first-order valence-corrected chi connectivity index (χ1v) is 16.7. The fraction of sp³-hybridized carbons (Fsp3) is 0.382. The molecule has 0 aliphatic carbocycles. The third kappa shape index (κ3) is 7.20. The number of hydrogen-bond donors (Lipinski definition) is 3. The molecule has 1 aliphatic rings. The van der Waals surface area contributed by atoms with Crippen LogP contribution in [0.1, 0.15) is 53.0 Å². The van der Waals surface area contributed by atoms with E-state index in [0.29, 0.717) is 6.42 Å². The number of ether oxygens (including phenoxy) is 2. The minimum absolute atomic E-state index is 0.0102. The van der Waals surface area contributed by atoms with E-state index < -0.39 is 55.2 Å². The summed E-state index contributed by atoms with van der Waals surface area (Å²) in [5.41, 5.74) is -0.134. The molecule has 0 saturated carbocycles. The molecule has 4 rings (SSSR count). The first-order chi connectivity index (χ1) is 20.7. The molecule has 1 saturated heterocycles. The smallest absolute Gasteiger partial charge is 0.417 e. The van der Waals surface area contributed by atoms with E-state index >= 15 is 0 Å². The van der Waals surface area contributed by atoms with Gasteiger partial charge in [0, 0.05) is 0 Å². The molecule has 0 aromatic heterocycles. The van der Waals surface area contributed by atoms with Gasteiger partial charge in [-0.25, -0.2) is 14.5 Å². The average molecular weight is 619 g/mol. The molecule has 1 aliphatic heterocycles. The number of hydrogen-bond acceptors (Lipinski definition) is 7. The van der Waals surface area contributed by atoms with Gasteiger partial charge in [-0.1, -0.05) is 105 Å². The van der Waals surface area contributed by atoms with Crippen molar-refractivity contribution in [2.24, 2.45) is 0 Å². The molecule has 44 heavy (non-hydrogen) atoms. The van der Waals surface area contributed by atoms with E-state index in [1.54, 1.807) is 32.9 Å². The Labute approximate surface area is 259 Å². The Morgan fingerprint density at radius 2 is 1.36 bits per heavy atom. The maximum atomic E-state index is 13.3. The van der Waals surface area contributed by atoms with Gasteiger partial charge in [0.15, 0.2) is 6.10 Å². The first kappa shape index (κ1) is 32.9. The molecule has 1 heterocycles. The summed E-state index contributed by atoms with van der Waals surface area (Å²) in [7, 11) is -3.42. The molecule has 234 valence electrons. The molecule has 0 unspecified atom stereocenters. The van der Waals surface area contributed by atoms with Crippen molar-refractivity contribution < 1.29 is 33.8 Å². The standard InChI is InChI=1S/C34H42N2O7Si/c1-33(2,3)43-32(40)36-27(28(29(37)30(36)38)35-31(39)42-23-24-15-9-6-10-16-24)21-22-34(4,5)44(41,25-17-11-7-12-18-25)26-19-13-8-14-20-26/h6-20,27-29,37,41H,21-23H2,1-5H3,(H,35,39)/t27-,28-,29-/m0/s1. The average Bonchev–Trinajstić information content (AvgIpc) is 3.23. The van der Waals surface area contributed by atoms with Gasteiger partial charge in [-0.2, -0.15) is 0 Å². The number of amides is 3. The third-order valence-corrected chi connectivity index (χ3v) is 12.6. The molecule has 3 N–H and O–H groups in total. The van der Waals surface area contributed by atoms with E-state index in [-0.39, 0.29) is 13.0 Å². The Morgan fingerprint density at radius 3 is 1.86 bits per heavy atom. The Kier molecular flexibility index (Phi) is 9.97. The van der Waals surface area contributed by atoms with Crippen LogP contribution in [0.25, 0.3) is 0 Å². The summed E-state index contributed by atoms with van der Waals surface area (Å²) in [5, 5.41) is 14.6. The number of benzene rings is 3. The maximum absolute atomic E-state index is 13.3. The van der Waals surface area contributed by atoms with Crippen molar-refractivity contribution in [1.29, 1.82) is 0 Å². The van der Waals surface area contributed by atoms with E-state index in [0.717, 1.165) is 20.8 Å². The van der Waals surface area contributed by atoms with Crippen LogP contribution in [0.3, 0.4) is 0 Å². The Morgan fingerprint density at radius 1 is 0.864 bits per heavy atom. The van der Waals surface area contributed by atoms with Crippen molar-refractivity contribution >= 4 is 36.8 Å². The van der Waals surface area contributed by atoms with Crippen LogP contribution in [-0.2, 0) is 20.9 Å². The fourth-order valence-corrected chi connectivity index (χ4v) is 9.50. The van der Waals surface area contributed by atoms with Crippen molar-refractivity contribution in [2.45, 2.75) is 82.9 Å². The second-order valence-electron chi connectivity index (χ2n) is 12.8. The molecule has 9 nitrogen and oxygen atoms in total. The lowest BCUT2D eigenvalue weighted by atomic mass is 9.97. The summed E-state index contributed by atoms with van der Waals surface area (Å²) in [6, 6.07) is 26.0. The van der Waals surface area contributed by atoms with Gasteiger partial charge in [0.05, 0.1) is 12.1 Å². The van der Waals surface area contributed by atoms with Gasteiger partial charge in [-0.3, -0.25) is 4.79 Å². The molecule has 3 aromatic carbocycles. The minimum Gasteiger partial charge on any atom is -0.445 e. The van der Waals surface area contributed by atoms with Crippen molar-refractivity contribution in [1.82, 2.24) is 10.2 Å². The molecule has 3 aromatic rings. The van der Waals surface area contributed by atoms with Crippen LogP contribution in [0.15, 0.2) is 91.0 Å². The number of imide groups is 1. The van der Waals surface area contributed by atoms with Gasteiger partial charge in [-0.15, -0.1) is 0 Å². The highest BCUT2D eigenvalue weighted by atomic mass is 28.4. The molecular weight excluding hydrogens is 576 g/mol. The van der Waals surface area contributed by atoms with Crippen molar-refractivity contribution in [2.75, 3.05) is 0 Å². The Balaban J connectivity index is 1.63. The summed E-state index contributed by atoms with van der Waals surface area (Å²) in [5.74, 6) is -0.867. The number of likely N-dealkylation sites (tertiary alicyclic amines) is 1. The zero-order chi connectivity index (χ0) is 32.1. The highest BCUT2D eigenvalue weighted by molar-refractivity contribution is 6.98. The summed E-state index contributed by atoms with van der Waals surface area (Å²) >= 11 is 0. The van der Waals surface area contributed by atoms with Crippen LogP contribution < -0.4 is 15.7 Å². The number of nitrogens with one attached hydrogen (secondary N) is 1. The van der Waals surface area contributed by atoms with E-state index in [2.05, 4.69) is 5.32 Å². The fourth-order valence-electron chi connectivity index (χ4n) is 5.75. The second kappa shape index (κ2) is 13.3. The van der Waals surface area contributed by atoms with Crippen LogP contribution in [-0.4, -0.2) is 65.0 Å². The van der Waals surface area contributed by atoms with Crippen LogP contribution in [0.2, 0.25) is 5.04 Å². The lowest BCUT2D eigenvalue weighted by Gasteiger charge is -2.42. The molecule has 1 fully saturated rings. The van der Waals surface area contributed by atoms with Crippen LogP contribution in [0.4, 0.5) is 9.59 Å². The van der Waals surface area contributed by atoms with Crippen LogP contribution >= 0.6 is 0 Å². The number of rotatable bonds is 9. The Hall–Kier alpha value is -3.99. The monoisotopic (exact) mass is 618 g/mol. The van der Waals surface area contributed by atoms with E-state index in [9.17, 15) is 24.3 Å². The lowest BCUT2D eigenvalue weighted by molar-refractivity contribution is -0.134. The predicted molar refractivity (Wildman–Crippen MR) is 170 cm³/mol. The summed E-state index contributed by atoms with van der Waals surface area (Å²) in [6.45, 7) is 8.98. The number of carbonyl (C=O) groups is 3. The third-order valence-electron chi connectivity index (χ3n) is 8.09. The number of aliphatic hydroxyl groups excluding tert-OH is 1. The molecule has 3 amide bonds. The summed E-state index contributed by atoms with van der Waals surface area (Å²) < 4.78 is 10.9. The molecule has 3 atom stereocenters. The zero-order valence-electron chi connectivity index (χ0n) is 25.9. The van der Waals surface area contributed by atoms with Crippen molar-refractivity contribution in [3.63, 3.8) is 0 Å².